The minimum Gasteiger partial charge on any atom is -0.491 e. The van der Waals surface area contributed by atoms with E-state index in [2.05, 4.69) is 0 Å². The Balaban J connectivity index is 2.17. The first kappa shape index (κ1) is 12.0. The summed E-state index contributed by atoms with van der Waals surface area (Å²) in [6, 6.07) is 15.4. The number of benzene rings is 2. The second-order valence-corrected chi connectivity index (χ2v) is 4.04. The lowest BCUT2D eigenvalue weighted by Gasteiger charge is -2.06. The standard InChI is InChI=1S/C14H13ClO2/c15-13-3-1-2-12(10-13)11-4-6-14(7-5-11)17-9-8-16/h1-7,10,16H,8-9H2. The second kappa shape index (κ2) is 5.71. The zero-order chi connectivity index (χ0) is 12.1. The molecule has 0 fully saturated rings. The first-order chi connectivity index (χ1) is 8.29. The first-order valence-electron chi connectivity index (χ1n) is 5.39. The third-order valence-electron chi connectivity index (χ3n) is 2.37. The van der Waals surface area contributed by atoms with Crippen LogP contribution >= 0.6 is 11.6 Å². The van der Waals surface area contributed by atoms with Gasteiger partial charge in [0.05, 0.1) is 6.61 Å². The summed E-state index contributed by atoms with van der Waals surface area (Å²) < 4.78 is 5.29. The average Bonchev–Trinajstić information content (AvgIpc) is 2.37. The number of ether oxygens (including phenoxy) is 1. The normalized spacial score (nSPS) is 10.2. The van der Waals surface area contributed by atoms with E-state index in [1.54, 1.807) is 0 Å². The lowest BCUT2D eigenvalue weighted by molar-refractivity contribution is 0.201. The van der Waals surface area contributed by atoms with Crippen LogP contribution in [0.3, 0.4) is 0 Å². The maximum absolute atomic E-state index is 8.65. The molecule has 0 aliphatic rings. The van der Waals surface area contributed by atoms with Gasteiger partial charge in [-0.05, 0) is 35.4 Å². The van der Waals surface area contributed by atoms with Gasteiger partial charge in [0.1, 0.15) is 12.4 Å². The molecule has 0 saturated carbocycles. The minimum atomic E-state index is 0.0239. The predicted molar refractivity (Wildman–Crippen MR) is 69.5 cm³/mol. The third-order valence-corrected chi connectivity index (χ3v) is 2.61. The summed E-state index contributed by atoms with van der Waals surface area (Å²) in [6.07, 6.45) is 0. The Morgan fingerprint density at radius 3 is 2.41 bits per heavy atom. The van der Waals surface area contributed by atoms with Crippen molar-refractivity contribution in [2.75, 3.05) is 13.2 Å². The van der Waals surface area contributed by atoms with Gasteiger partial charge < -0.3 is 9.84 Å². The molecule has 0 atom stereocenters. The summed E-state index contributed by atoms with van der Waals surface area (Å²) in [7, 11) is 0. The number of rotatable bonds is 4. The van der Waals surface area contributed by atoms with Crippen LogP contribution in [-0.4, -0.2) is 18.3 Å². The molecule has 2 nitrogen and oxygen atoms in total. The molecule has 0 amide bonds. The van der Waals surface area contributed by atoms with Crippen LogP contribution in [0, 0.1) is 0 Å². The van der Waals surface area contributed by atoms with E-state index in [9.17, 15) is 0 Å². The maximum atomic E-state index is 8.65. The molecule has 0 bridgehead atoms. The maximum Gasteiger partial charge on any atom is 0.119 e. The topological polar surface area (TPSA) is 29.5 Å². The van der Waals surface area contributed by atoms with Crippen molar-refractivity contribution < 1.29 is 9.84 Å². The largest absolute Gasteiger partial charge is 0.491 e. The summed E-state index contributed by atoms with van der Waals surface area (Å²) in [6.45, 7) is 0.340. The molecule has 0 aliphatic carbocycles. The molecule has 88 valence electrons. The summed E-state index contributed by atoms with van der Waals surface area (Å²) in [4.78, 5) is 0. The van der Waals surface area contributed by atoms with Crippen molar-refractivity contribution in [3.63, 3.8) is 0 Å². The van der Waals surface area contributed by atoms with Crippen molar-refractivity contribution in [3.05, 3.63) is 53.6 Å². The average molecular weight is 249 g/mol. The number of hydrogen-bond donors (Lipinski definition) is 1. The minimum absolute atomic E-state index is 0.0239. The van der Waals surface area contributed by atoms with Gasteiger partial charge >= 0.3 is 0 Å². The Hall–Kier alpha value is -1.51. The van der Waals surface area contributed by atoms with Gasteiger partial charge in [0.25, 0.3) is 0 Å². The molecule has 2 aromatic rings. The van der Waals surface area contributed by atoms with Crippen LogP contribution in [0.2, 0.25) is 5.02 Å². The highest BCUT2D eigenvalue weighted by Crippen LogP contribution is 2.24. The molecule has 1 N–H and O–H groups in total. The molecule has 0 aliphatic heterocycles. The quantitative estimate of drug-likeness (QED) is 0.899. The van der Waals surface area contributed by atoms with E-state index in [0.717, 1.165) is 21.9 Å². The Kier molecular flexibility index (Phi) is 4.02. The fourth-order valence-corrected chi connectivity index (χ4v) is 1.77. The Labute approximate surface area is 105 Å². The summed E-state index contributed by atoms with van der Waals surface area (Å²) in [5, 5.41) is 9.38. The predicted octanol–water partition coefficient (Wildman–Crippen LogP) is 3.38. The van der Waals surface area contributed by atoms with Gasteiger partial charge in [0.2, 0.25) is 0 Å². The van der Waals surface area contributed by atoms with Crippen molar-refractivity contribution in [3.8, 4) is 16.9 Å². The van der Waals surface area contributed by atoms with E-state index >= 15 is 0 Å². The molecule has 2 aromatic carbocycles. The Morgan fingerprint density at radius 2 is 1.76 bits per heavy atom. The summed E-state index contributed by atoms with van der Waals surface area (Å²) >= 11 is 5.94. The molecule has 0 aromatic heterocycles. The van der Waals surface area contributed by atoms with Gasteiger partial charge in [-0.1, -0.05) is 35.9 Å². The van der Waals surface area contributed by atoms with Crippen LogP contribution in [0.1, 0.15) is 0 Å². The number of halogens is 1. The smallest absolute Gasteiger partial charge is 0.119 e. The summed E-state index contributed by atoms with van der Waals surface area (Å²) in [5.41, 5.74) is 2.16. The highest BCUT2D eigenvalue weighted by Gasteiger charge is 1.99. The fourth-order valence-electron chi connectivity index (χ4n) is 1.58. The highest BCUT2D eigenvalue weighted by molar-refractivity contribution is 6.30. The van der Waals surface area contributed by atoms with Crippen molar-refractivity contribution in [1.29, 1.82) is 0 Å². The lowest BCUT2D eigenvalue weighted by Crippen LogP contribution is -2.01. The first-order valence-corrected chi connectivity index (χ1v) is 5.77. The van der Waals surface area contributed by atoms with Gasteiger partial charge in [0, 0.05) is 5.02 Å². The second-order valence-electron chi connectivity index (χ2n) is 3.61. The van der Waals surface area contributed by atoms with Gasteiger partial charge in [-0.15, -0.1) is 0 Å². The molecule has 3 heteroatoms. The zero-order valence-electron chi connectivity index (χ0n) is 9.27. The molecule has 0 saturated heterocycles. The molecule has 0 heterocycles. The molecule has 17 heavy (non-hydrogen) atoms. The van der Waals surface area contributed by atoms with E-state index in [1.165, 1.54) is 0 Å². The molecular formula is C14H13ClO2. The number of aliphatic hydroxyl groups is 1. The fraction of sp³-hybridized carbons (Fsp3) is 0.143. The number of hydrogen-bond acceptors (Lipinski definition) is 2. The van der Waals surface area contributed by atoms with Gasteiger partial charge in [-0.2, -0.15) is 0 Å². The van der Waals surface area contributed by atoms with Gasteiger partial charge in [-0.25, -0.2) is 0 Å². The van der Waals surface area contributed by atoms with Crippen molar-refractivity contribution >= 4 is 11.6 Å². The molecule has 0 radical (unpaired) electrons. The van der Waals surface area contributed by atoms with E-state index in [1.807, 2.05) is 48.5 Å². The van der Waals surface area contributed by atoms with Crippen LogP contribution < -0.4 is 4.74 Å². The van der Waals surface area contributed by atoms with E-state index in [-0.39, 0.29) is 6.61 Å². The van der Waals surface area contributed by atoms with Crippen LogP contribution in [0.15, 0.2) is 48.5 Å². The number of aliphatic hydroxyl groups excluding tert-OH is 1. The Morgan fingerprint density at radius 1 is 1.00 bits per heavy atom. The molecule has 0 unspecified atom stereocenters. The van der Waals surface area contributed by atoms with Crippen LogP contribution in [0.5, 0.6) is 5.75 Å². The van der Waals surface area contributed by atoms with Crippen molar-refractivity contribution in [2.24, 2.45) is 0 Å². The van der Waals surface area contributed by atoms with E-state index in [0.29, 0.717) is 6.61 Å². The molecule has 0 spiro atoms. The lowest BCUT2D eigenvalue weighted by atomic mass is 10.1. The van der Waals surface area contributed by atoms with E-state index in [4.69, 9.17) is 21.4 Å². The van der Waals surface area contributed by atoms with Crippen LogP contribution in [0.4, 0.5) is 0 Å². The van der Waals surface area contributed by atoms with Crippen LogP contribution in [-0.2, 0) is 0 Å². The SMILES string of the molecule is OCCOc1ccc(-c2cccc(Cl)c2)cc1. The third kappa shape index (κ3) is 3.22. The summed E-state index contributed by atoms with van der Waals surface area (Å²) in [5.74, 6) is 0.754. The molecule has 2 rings (SSSR count). The van der Waals surface area contributed by atoms with Crippen LogP contribution in [0.25, 0.3) is 11.1 Å². The monoisotopic (exact) mass is 248 g/mol. The Bertz CT molecular complexity index is 480. The molecular weight excluding hydrogens is 236 g/mol. The van der Waals surface area contributed by atoms with Gasteiger partial charge in [0.15, 0.2) is 0 Å². The zero-order valence-corrected chi connectivity index (χ0v) is 10.0. The highest BCUT2D eigenvalue weighted by atomic mass is 35.5. The van der Waals surface area contributed by atoms with Gasteiger partial charge in [-0.3, -0.25) is 0 Å². The van der Waals surface area contributed by atoms with Crippen molar-refractivity contribution in [2.45, 2.75) is 0 Å². The van der Waals surface area contributed by atoms with Crippen molar-refractivity contribution in [1.82, 2.24) is 0 Å². The van der Waals surface area contributed by atoms with E-state index < -0.39 is 0 Å².